The quantitative estimate of drug-likeness (QED) is 0.263. The minimum Gasteiger partial charge on any atom is -0.412 e. The minimum absolute atomic E-state index is 0. The van der Waals surface area contributed by atoms with Crippen molar-refractivity contribution in [2.45, 2.75) is 178 Å². The van der Waals surface area contributed by atoms with Crippen molar-refractivity contribution in [3.8, 4) is 0 Å². The van der Waals surface area contributed by atoms with E-state index in [9.17, 15) is 0 Å². The zero-order valence-corrected chi connectivity index (χ0v) is 32.4. The van der Waals surface area contributed by atoms with Crippen LogP contribution in [-0.4, -0.2) is 27.4 Å². The summed E-state index contributed by atoms with van der Waals surface area (Å²) >= 11 is 0. The summed E-state index contributed by atoms with van der Waals surface area (Å²) in [7, 11) is 0. The predicted molar refractivity (Wildman–Crippen MR) is 204 cm³/mol. The normalized spacial score (nSPS) is 29.8. The molecule has 0 heterocycles. The molecule has 2 unspecified atom stereocenters. The molecule has 0 spiro atoms. The Morgan fingerprint density at radius 2 is 0.435 bits per heavy atom. The summed E-state index contributed by atoms with van der Waals surface area (Å²) in [5.41, 5.74) is 2.66. The maximum atomic E-state index is 2.39. The van der Waals surface area contributed by atoms with Crippen LogP contribution in [0.3, 0.4) is 0 Å². The van der Waals surface area contributed by atoms with Gasteiger partial charge in [0.1, 0.15) is 0 Å². The van der Waals surface area contributed by atoms with Crippen LogP contribution in [0.2, 0.25) is 0 Å². The smallest absolute Gasteiger partial charge is 0.0398 e. The van der Waals surface area contributed by atoms with Crippen LogP contribution in [0.15, 0.2) is 24.3 Å². The van der Waals surface area contributed by atoms with Crippen molar-refractivity contribution in [2.75, 3.05) is 0 Å². The van der Waals surface area contributed by atoms with E-state index >= 15 is 0 Å². The highest BCUT2D eigenvalue weighted by Crippen LogP contribution is 2.29. The van der Waals surface area contributed by atoms with Crippen molar-refractivity contribution in [1.29, 1.82) is 0 Å². The molecule has 4 saturated carbocycles. The van der Waals surface area contributed by atoms with E-state index in [0.29, 0.717) is 0 Å². The van der Waals surface area contributed by atoms with Gasteiger partial charge >= 0.3 is 0 Å². The molecule has 0 bridgehead atoms. The molecule has 0 aromatic heterocycles. The molecule has 5 heteroatoms. The maximum Gasteiger partial charge on any atom is -0.0398 e. The second-order valence-electron chi connectivity index (χ2n) is 16.0. The van der Waals surface area contributed by atoms with Gasteiger partial charge in [0.05, 0.1) is 0 Å². The Bertz CT molecular complexity index is 606. The molecular weight excluding hydrogens is 572 g/mol. The van der Waals surface area contributed by atoms with Crippen molar-refractivity contribution in [2.24, 2.45) is 47.3 Å². The standard InChI is InChI=1S/C9H18.3C8H16.C8H10.4H2O.HO/c1-8-4-3-5-9(2)7-6-8;4*1-7-3-5-8(2)6-4-7;;;;;/h8-9H,3-7H2,1-2H3;3*7-8H,3-6H2,1-2H3;3-6H,1-2H3;4*1H2;1H. The Morgan fingerprint density at radius 1 is 0.304 bits per heavy atom. The highest BCUT2D eigenvalue weighted by atomic mass is 16.0. The molecule has 0 amide bonds. The van der Waals surface area contributed by atoms with Gasteiger partial charge in [0, 0.05) is 0 Å². The van der Waals surface area contributed by atoms with E-state index in [0.717, 1.165) is 47.3 Å². The molecule has 9 N–H and O–H groups in total. The zero-order chi connectivity index (χ0) is 30.6. The summed E-state index contributed by atoms with van der Waals surface area (Å²) in [5, 5.41) is 0. The summed E-state index contributed by atoms with van der Waals surface area (Å²) < 4.78 is 0. The van der Waals surface area contributed by atoms with Crippen molar-refractivity contribution >= 4 is 0 Å². The number of rotatable bonds is 0. The first-order valence-corrected chi connectivity index (χ1v) is 18.5. The van der Waals surface area contributed by atoms with Crippen LogP contribution >= 0.6 is 0 Å². The van der Waals surface area contributed by atoms with E-state index in [-0.39, 0.29) is 27.4 Å². The van der Waals surface area contributed by atoms with Gasteiger partial charge in [0.15, 0.2) is 0 Å². The lowest BCUT2D eigenvalue weighted by Crippen LogP contribution is -2.08. The first-order chi connectivity index (χ1) is 19.4. The fourth-order valence-corrected chi connectivity index (χ4v) is 6.59. The fraction of sp³-hybridized carbons (Fsp3) is 0.854. The highest BCUT2D eigenvalue weighted by Gasteiger charge is 2.15. The van der Waals surface area contributed by atoms with Crippen molar-refractivity contribution in [3.05, 3.63) is 35.4 Å². The summed E-state index contributed by atoms with van der Waals surface area (Å²) in [5.74, 6) is 8.14. The zero-order valence-electron chi connectivity index (χ0n) is 32.4. The van der Waals surface area contributed by atoms with Gasteiger partial charge in [-0.3, -0.25) is 5.48 Å². The van der Waals surface area contributed by atoms with E-state index in [1.165, 1.54) is 120 Å². The monoisotopic (exact) mass is 658 g/mol. The topological polar surface area (TPSA) is 156 Å². The Labute approximate surface area is 288 Å². The van der Waals surface area contributed by atoms with Crippen LogP contribution in [0.1, 0.15) is 176 Å². The lowest BCUT2D eigenvalue weighted by atomic mass is 9.84. The van der Waals surface area contributed by atoms with Gasteiger partial charge in [-0.1, -0.05) is 200 Å². The molecule has 0 aliphatic heterocycles. The van der Waals surface area contributed by atoms with Gasteiger partial charge < -0.3 is 21.9 Å². The second kappa shape index (κ2) is 32.6. The van der Waals surface area contributed by atoms with E-state index in [1.807, 2.05) is 0 Å². The largest absolute Gasteiger partial charge is 0.412 e. The van der Waals surface area contributed by atoms with Crippen LogP contribution in [0.5, 0.6) is 0 Å². The van der Waals surface area contributed by atoms with Crippen molar-refractivity contribution < 1.29 is 27.4 Å². The first-order valence-electron chi connectivity index (χ1n) is 18.5. The summed E-state index contributed by atoms with van der Waals surface area (Å²) in [4.78, 5) is 0. The molecule has 1 aromatic carbocycles. The Balaban J connectivity index is -0.000000148. The third-order valence-corrected chi connectivity index (χ3v) is 10.7. The number of benzene rings is 1. The van der Waals surface area contributed by atoms with Crippen molar-refractivity contribution in [1.82, 2.24) is 0 Å². The highest BCUT2D eigenvalue weighted by molar-refractivity contribution is 5.19. The van der Waals surface area contributed by atoms with Gasteiger partial charge in [-0.25, -0.2) is 0 Å². The van der Waals surface area contributed by atoms with Gasteiger partial charge in [0.2, 0.25) is 0 Å². The van der Waals surface area contributed by atoms with Crippen LogP contribution in [0, 0.1) is 61.2 Å². The molecule has 1 aromatic rings. The van der Waals surface area contributed by atoms with E-state index in [1.54, 1.807) is 0 Å². The minimum atomic E-state index is 0. The lowest BCUT2D eigenvalue weighted by molar-refractivity contribution is 0.308. The first kappa shape index (κ1) is 54.5. The summed E-state index contributed by atoms with van der Waals surface area (Å²) in [6.45, 7) is 23.2. The SMILES string of the molecule is CC1CCC(C)CC1.CC1CCC(C)CC1.CC1CCC(C)CC1.CC1CCCC(C)CC1.Cc1ccc(C)cc1.O.O.O.O.[OH]. The Morgan fingerprint density at radius 3 is 0.587 bits per heavy atom. The van der Waals surface area contributed by atoms with E-state index in [2.05, 4.69) is 93.5 Å². The third-order valence-electron chi connectivity index (χ3n) is 10.7. The molecule has 46 heavy (non-hydrogen) atoms. The number of hydrogen-bond acceptors (Lipinski definition) is 0. The lowest BCUT2D eigenvalue weighted by Gasteiger charge is -2.22. The maximum absolute atomic E-state index is 2.39. The number of hydrogen-bond donors (Lipinski definition) is 1. The molecule has 279 valence electrons. The molecule has 4 aliphatic carbocycles. The molecule has 1 radical (unpaired) electrons. The average molecular weight is 658 g/mol. The Hall–Kier alpha value is -0.980. The van der Waals surface area contributed by atoms with Crippen LogP contribution in [0.4, 0.5) is 0 Å². The summed E-state index contributed by atoms with van der Waals surface area (Å²) in [6, 6.07) is 8.48. The van der Waals surface area contributed by atoms with E-state index < -0.39 is 0 Å². The summed E-state index contributed by atoms with van der Waals surface area (Å²) in [6.07, 6.45) is 25.1. The Kier molecular flexibility index (Phi) is 38.6. The van der Waals surface area contributed by atoms with Gasteiger partial charge in [-0.05, 0) is 61.2 Å². The molecule has 2 atom stereocenters. The average Bonchev–Trinajstić information content (AvgIpc) is 3.15. The van der Waals surface area contributed by atoms with Crippen LogP contribution in [-0.2, 0) is 0 Å². The van der Waals surface area contributed by atoms with Gasteiger partial charge in [-0.2, -0.15) is 0 Å². The third kappa shape index (κ3) is 30.4. The molecule has 5 nitrogen and oxygen atoms in total. The van der Waals surface area contributed by atoms with Crippen LogP contribution < -0.4 is 0 Å². The van der Waals surface area contributed by atoms with Crippen molar-refractivity contribution in [3.63, 3.8) is 0 Å². The predicted octanol–water partition coefficient (Wildman–Crippen LogP) is 10.5. The molecule has 4 fully saturated rings. The van der Waals surface area contributed by atoms with Gasteiger partial charge in [-0.15, -0.1) is 0 Å². The van der Waals surface area contributed by atoms with Gasteiger partial charge in [0.25, 0.3) is 0 Å². The molecular formula is C41H85O5. The number of aryl methyl sites for hydroxylation is 2. The fourth-order valence-electron chi connectivity index (χ4n) is 6.59. The molecule has 4 aliphatic rings. The van der Waals surface area contributed by atoms with E-state index in [4.69, 9.17) is 0 Å². The molecule has 0 saturated heterocycles. The van der Waals surface area contributed by atoms with Crippen LogP contribution in [0.25, 0.3) is 0 Å². The second-order valence-corrected chi connectivity index (χ2v) is 16.0. The molecule has 5 rings (SSSR count).